The van der Waals surface area contributed by atoms with E-state index in [9.17, 15) is 8.78 Å². The number of rotatable bonds is 3. The molecule has 3 nitrogen and oxygen atoms in total. The van der Waals surface area contributed by atoms with Gasteiger partial charge in [0.1, 0.15) is 6.10 Å². The van der Waals surface area contributed by atoms with Crippen molar-refractivity contribution in [3.8, 4) is 5.88 Å². The predicted octanol–water partition coefficient (Wildman–Crippen LogP) is 3.50. The molecule has 1 aliphatic carbocycles. The van der Waals surface area contributed by atoms with Crippen molar-refractivity contribution in [1.29, 1.82) is 0 Å². The van der Waals surface area contributed by atoms with Gasteiger partial charge in [0.05, 0.1) is 0 Å². The lowest BCUT2D eigenvalue weighted by Gasteiger charge is -2.17. The number of ether oxygens (including phenoxy) is 1. The molecule has 1 fully saturated rings. The summed E-state index contributed by atoms with van der Waals surface area (Å²) in [6.07, 6.45) is 6.38. The third kappa shape index (κ3) is 3.09. The smallest absolute Gasteiger partial charge is 0.252 e. The highest BCUT2D eigenvalue weighted by Gasteiger charge is 2.18. The lowest BCUT2D eigenvalue weighted by atomic mass is 10.1. The van der Waals surface area contributed by atoms with Gasteiger partial charge in [-0.25, -0.2) is 8.78 Å². The Morgan fingerprint density at radius 1 is 1.17 bits per heavy atom. The minimum atomic E-state index is -0.740. The summed E-state index contributed by atoms with van der Waals surface area (Å²) in [5, 5.41) is 2.58. The van der Waals surface area contributed by atoms with Gasteiger partial charge in [0.15, 0.2) is 17.5 Å². The van der Waals surface area contributed by atoms with Crippen LogP contribution >= 0.6 is 0 Å². The maximum absolute atomic E-state index is 13.6. The minimum Gasteiger partial charge on any atom is -0.472 e. The molecule has 0 radical (unpaired) electrons. The van der Waals surface area contributed by atoms with Crippen LogP contribution in [-0.2, 0) is 0 Å². The summed E-state index contributed by atoms with van der Waals surface area (Å²) in [6, 6.07) is 0.810. The monoisotopic (exact) mass is 256 g/mol. The van der Waals surface area contributed by atoms with Crippen molar-refractivity contribution in [2.75, 3.05) is 12.4 Å². The standard InChI is InChI=1S/C13H18F2N2O/c1-16-12-10(14)8-11(15)13(17-12)18-9-6-4-2-3-5-7-9/h8-9H,2-7H2,1H3,(H,16,17). The number of hydrogen-bond acceptors (Lipinski definition) is 3. The van der Waals surface area contributed by atoms with Crippen LogP contribution in [0.1, 0.15) is 38.5 Å². The molecule has 1 heterocycles. The Kier molecular flexibility index (Phi) is 4.33. The summed E-state index contributed by atoms with van der Waals surface area (Å²) in [6.45, 7) is 0. The Bertz CT molecular complexity index is 404. The second-order valence-corrected chi connectivity index (χ2v) is 4.59. The number of aromatic nitrogens is 1. The van der Waals surface area contributed by atoms with Crippen molar-refractivity contribution < 1.29 is 13.5 Å². The minimum absolute atomic E-state index is 0.00957. The Morgan fingerprint density at radius 3 is 2.44 bits per heavy atom. The average Bonchev–Trinajstić information content (AvgIpc) is 2.61. The van der Waals surface area contributed by atoms with Crippen LogP contribution in [-0.4, -0.2) is 18.1 Å². The van der Waals surface area contributed by atoms with Crippen molar-refractivity contribution in [2.45, 2.75) is 44.6 Å². The molecule has 0 atom stereocenters. The third-order valence-corrected chi connectivity index (χ3v) is 3.21. The van der Waals surface area contributed by atoms with Gasteiger partial charge in [-0.3, -0.25) is 0 Å². The van der Waals surface area contributed by atoms with E-state index in [-0.39, 0.29) is 17.8 Å². The van der Waals surface area contributed by atoms with E-state index in [0.717, 1.165) is 31.7 Å². The first-order valence-corrected chi connectivity index (χ1v) is 6.41. The molecule has 0 aliphatic heterocycles. The van der Waals surface area contributed by atoms with E-state index >= 15 is 0 Å². The fraction of sp³-hybridized carbons (Fsp3) is 0.615. The number of halogens is 2. The van der Waals surface area contributed by atoms with Crippen LogP contribution in [0, 0.1) is 11.6 Å². The van der Waals surface area contributed by atoms with Crippen LogP contribution in [0.3, 0.4) is 0 Å². The van der Waals surface area contributed by atoms with Gasteiger partial charge in [-0.2, -0.15) is 4.98 Å². The van der Waals surface area contributed by atoms with E-state index in [4.69, 9.17) is 4.74 Å². The van der Waals surface area contributed by atoms with Crippen molar-refractivity contribution in [3.05, 3.63) is 17.7 Å². The summed E-state index contributed by atoms with van der Waals surface area (Å²) < 4.78 is 32.4. The summed E-state index contributed by atoms with van der Waals surface area (Å²) in [7, 11) is 1.54. The summed E-state index contributed by atoms with van der Waals surface area (Å²) in [5.41, 5.74) is 0. The van der Waals surface area contributed by atoms with Crippen molar-refractivity contribution in [1.82, 2.24) is 4.98 Å². The first-order chi connectivity index (χ1) is 8.70. The van der Waals surface area contributed by atoms with Crippen molar-refractivity contribution in [3.63, 3.8) is 0 Å². The molecular weight excluding hydrogens is 238 g/mol. The van der Waals surface area contributed by atoms with Gasteiger partial charge in [0, 0.05) is 13.1 Å². The van der Waals surface area contributed by atoms with Gasteiger partial charge >= 0.3 is 0 Å². The maximum Gasteiger partial charge on any atom is 0.252 e. The van der Waals surface area contributed by atoms with E-state index in [0.29, 0.717) is 0 Å². The van der Waals surface area contributed by atoms with Gasteiger partial charge in [0.2, 0.25) is 0 Å². The lowest BCUT2D eigenvalue weighted by Crippen LogP contribution is -2.17. The molecule has 18 heavy (non-hydrogen) atoms. The topological polar surface area (TPSA) is 34.2 Å². The van der Waals surface area contributed by atoms with Crippen molar-refractivity contribution in [2.24, 2.45) is 0 Å². The Balaban J connectivity index is 2.12. The van der Waals surface area contributed by atoms with Crippen LogP contribution in [0.15, 0.2) is 6.07 Å². The fourth-order valence-electron chi connectivity index (χ4n) is 2.23. The molecule has 0 amide bonds. The molecule has 5 heteroatoms. The molecule has 2 rings (SSSR count). The van der Waals surface area contributed by atoms with E-state index in [2.05, 4.69) is 10.3 Å². The largest absolute Gasteiger partial charge is 0.472 e. The highest BCUT2D eigenvalue weighted by Crippen LogP contribution is 2.25. The lowest BCUT2D eigenvalue weighted by molar-refractivity contribution is 0.167. The fourth-order valence-corrected chi connectivity index (χ4v) is 2.23. The third-order valence-electron chi connectivity index (χ3n) is 3.21. The molecule has 100 valence electrons. The second-order valence-electron chi connectivity index (χ2n) is 4.59. The van der Waals surface area contributed by atoms with Crippen LogP contribution in [0.5, 0.6) is 5.88 Å². The van der Waals surface area contributed by atoms with E-state index in [1.165, 1.54) is 12.8 Å². The number of hydrogen-bond donors (Lipinski definition) is 1. The zero-order chi connectivity index (χ0) is 13.0. The maximum atomic E-state index is 13.6. The van der Waals surface area contributed by atoms with Gasteiger partial charge in [-0.15, -0.1) is 0 Å². The molecule has 0 aromatic carbocycles. The van der Waals surface area contributed by atoms with Crippen LogP contribution in [0.25, 0.3) is 0 Å². The van der Waals surface area contributed by atoms with Crippen LogP contribution in [0.4, 0.5) is 14.6 Å². The van der Waals surface area contributed by atoms with Gasteiger partial charge in [0.25, 0.3) is 5.88 Å². The van der Waals surface area contributed by atoms with Gasteiger partial charge < -0.3 is 10.1 Å². The number of nitrogens with zero attached hydrogens (tertiary/aromatic N) is 1. The highest BCUT2D eigenvalue weighted by atomic mass is 19.1. The van der Waals surface area contributed by atoms with E-state index in [1.54, 1.807) is 7.05 Å². The number of anilines is 1. The molecule has 1 N–H and O–H groups in total. The predicted molar refractivity (Wildman–Crippen MR) is 65.8 cm³/mol. The second kappa shape index (κ2) is 5.98. The molecule has 0 unspecified atom stereocenters. The molecule has 1 aromatic rings. The molecule has 1 aliphatic rings. The van der Waals surface area contributed by atoms with E-state index in [1.807, 2.05) is 0 Å². The summed E-state index contributed by atoms with van der Waals surface area (Å²) >= 11 is 0. The van der Waals surface area contributed by atoms with Crippen molar-refractivity contribution >= 4 is 5.82 Å². The quantitative estimate of drug-likeness (QED) is 0.840. The average molecular weight is 256 g/mol. The van der Waals surface area contributed by atoms with Crippen LogP contribution < -0.4 is 10.1 Å². The Hall–Kier alpha value is -1.39. The molecule has 0 bridgehead atoms. The first-order valence-electron chi connectivity index (χ1n) is 6.41. The highest BCUT2D eigenvalue weighted by molar-refractivity contribution is 5.38. The first kappa shape index (κ1) is 13.1. The number of nitrogens with one attached hydrogen (secondary N) is 1. The summed E-state index contributed by atoms with van der Waals surface area (Å²) in [4.78, 5) is 3.83. The van der Waals surface area contributed by atoms with Gasteiger partial charge in [-0.05, 0) is 25.7 Å². The summed E-state index contributed by atoms with van der Waals surface area (Å²) in [5.74, 6) is -1.54. The zero-order valence-electron chi connectivity index (χ0n) is 10.5. The molecule has 1 saturated carbocycles. The molecule has 1 aromatic heterocycles. The van der Waals surface area contributed by atoms with Gasteiger partial charge in [-0.1, -0.05) is 12.8 Å². The molecule has 0 saturated heterocycles. The number of pyridine rings is 1. The van der Waals surface area contributed by atoms with Crippen LogP contribution in [0.2, 0.25) is 0 Å². The molecular formula is C13H18F2N2O. The zero-order valence-corrected chi connectivity index (χ0v) is 10.5. The Morgan fingerprint density at radius 2 is 1.83 bits per heavy atom. The SMILES string of the molecule is CNc1nc(OC2CCCCCC2)c(F)cc1F. The Labute approximate surface area is 106 Å². The molecule has 0 spiro atoms. The van der Waals surface area contributed by atoms with E-state index < -0.39 is 11.6 Å². The normalized spacial score (nSPS) is 17.3.